The van der Waals surface area contributed by atoms with Crippen LogP contribution in [-0.2, 0) is 0 Å². The van der Waals surface area contributed by atoms with Crippen molar-refractivity contribution in [3.05, 3.63) is 95.1 Å². The third-order valence-electron chi connectivity index (χ3n) is 4.91. The lowest BCUT2D eigenvalue weighted by Gasteiger charge is -2.28. The fourth-order valence-electron chi connectivity index (χ4n) is 3.57. The summed E-state index contributed by atoms with van der Waals surface area (Å²) in [5, 5.41) is 0. The molecule has 5 rings (SSSR count). The van der Waals surface area contributed by atoms with Gasteiger partial charge in [0.25, 0.3) is 0 Å². The Balaban J connectivity index is 1.62. The highest BCUT2D eigenvalue weighted by molar-refractivity contribution is 6.14. The van der Waals surface area contributed by atoms with Gasteiger partial charge in [-0.3, -0.25) is 4.79 Å². The smallest absolute Gasteiger partial charge is 0.196 e. The van der Waals surface area contributed by atoms with Crippen molar-refractivity contribution in [1.82, 2.24) is 0 Å². The Labute approximate surface area is 163 Å². The van der Waals surface area contributed by atoms with Crippen molar-refractivity contribution in [2.45, 2.75) is 6.10 Å². The van der Waals surface area contributed by atoms with Gasteiger partial charge in [0.2, 0.25) is 0 Å². The number of hydrogen-bond donors (Lipinski definition) is 0. The first kappa shape index (κ1) is 16.6. The van der Waals surface area contributed by atoms with Gasteiger partial charge in [0.1, 0.15) is 19.0 Å². The third kappa shape index (κ3) is 2.93. The van der Waals surface area contributed by atoms with Crippen LogP contribution >= 0.6 is 0 Å². The number of fused-ring (bicyclic) bond motifs is 2. The molecular formula is C24H18O4. The average Bonchev–Trinajstić information content (AvgIpc) is 2.76. The predicted molar refractivity (Wildman–Crippen MR) is 106 cm³/mol. The molecule has 3 aromatic carbocycles. The summed E-state index contributed by atoms with van der Waals surface area (Å²) in [4.78, 5) is 13.3. The van der Waals surface area contributed by atoms with Gasteiger partial charge in [-0.2, -0.15) is 0 Å². The maximum Gasteiger partial charge on any atom is 0.196 e. The molecule has 4 nitrogen and oxygen atoms in total. The largest absolute Gasteiger partial charge is 0.486 e. The number of carbonyl (C=O) groups excluding carboxylic acids is 1. The Morgan fingerprint density at radius 1 is 0.786 bits per heavy atom. The van der Waals surface area contributed by atoms with Crippen molar-refractivity contribution >= 4 is 11.9 Å². The molecule has 1 atom stereocenters. The van der Waals surface area contributed by atoms with E-state index >= 15 is 0 Å². The lowest BCUT2D eigenvalue weighted by Crippen LogP contribution is -2.23. The molecule has 0 radical (unpaired) electrons. The lowest BCUT2D eigenvalue weighted by molar-refractivity contribution is 0.0963. The molecule has 3 aromatic rings. The molecule has 0 N–H and O–H groups in total. The van der Waals surface area contributed by atoms with E-state index in [9.17, 15) is 4.79 Å². The Bertz CT molecular complexity index is 1070. The zero-order valence-corrected chi connectivity index (χ0v) is 15.1. The summed E-state index contributed by atoms with van der Waals surface area (Å²) in [5.74, 6) is 2.01. The van der Waals surface area contributed by atoms with E-state index in [2.05, 4.69) is 0 Å². The number of ketones is 1. The molecule has 2 aliphatic rings. The normalized spacial score (nSPS) is 19.1. The van der Waals surface area contributed by atoms with Gasteiger partial charge in [0.15, 0.2) is 23.4 Å². The molecule has 138 valence electrons. The molecule has 2 heterocycles. The van der Waals surface area contributed by atoms with Crippen molar-refractivity contribution in [3.63, 3.8) is 0 Å². The fraction of sp³-hybridized carbons (Fsp3) is 0.125. The van der Waals surface area contributed by atoms with Crippen molar-refractivity contribution in [2.24, 2.45) is 0 Å². The Hall–Kier alpha value is -3.53. The zero-order valence-electron chi connectivity index (χ0n) is 15.1. The lowest BCUT2D eigenvalue weighted by atomic mass is 9.89. The first-order valence-electron chi connectivity index (χ1n) is 9.26. The number of carbonyl (C=O) groups is 1. The minimum atomic E-state index is -0.461. The predicted octanol–water partition coefficient (Wildman–Crippen LogP) is 4.86. The molecule has 0 aliphatic carbocycles. The minimum Gasteiger partial charge on any atom is -0.486 e. The van der Waals surface area contributed by atoms with Crippen LogP contribution in [0.4, 0.5) is 0 Å². The summed E-state index contributed by atoms with van der Waals surface area (Å²) >= 11 is 0. The molecule has 0 saturated heterocycles. The van der Waals surface area contributed by atoms with E-state index in [1.165, 1.54) is 0 Å². The summed E-state index contributed by atoms with van der Waals surface area (Å²) in [6, 6.07) is 22.9. The first-order valence-corrected chi connectivity index (χ1v) is 9.26. The van der Waals surface area contributed by atoms with Crippen LogP contribution in [0.15, 0.2) is 78.4 Å². The van der Waals surface area contributed by atoms with E-state index in [1.54, 1.807) is 6.07 Å². The molecule has 4 heteroatoms. The Morgan fingerprint density at radius 2 is 1.54 bits per heavy atom. The highest BCUT2D eigenvalue weighted by atomic mass is 16.6. The second-order valence-electron chi connectivity index (χ2n) is 6.74. The van der Waals surface area contributed by atoms with Crippen LogP contribution in [0.5, 0.6) is 17.2 Å². The van der Waals surface area contributed by atoms with E-state index in [0.29, 0.717) is 35.8 Å². The molecule has 28 heavy (non-hydrogen) atoms. The molecule has 0 amide bonds. The van der Waals surface area contributed by atoms with Gasteiger partial charge in [-0.1, -0.05) is 48.5 Å². The highest BCUT2D eigenvalue weighted by Gasteiger charge is 2.32. The second kappa shape index (κ2) is 6.89. The van der Waals surface area contributed by atoms with Crippen LogP contribution < -0.4 is 14.2 Å². The zero-order chi connectivity index (χ0) is 18.9. The SMILES string of the molecule is O=C1/C(=C/c2ccc3c(c2)OCCO3)[C@H](c2ccccc2)Oc2ccccc21. The average molecular weight is 370 g/mol. The molecule has 0 spiro atoms. The van der Waals surface area contributed by atoms with Gasteiger partial charge in [0.05, 0.1) is 5.56 Å². The molecule has 0 unspecified atom stereocenters. The number of hydrogen-bond acceptors (Lipinski definition) is 4. The minimum absolute atomic E-state index is 0.0226. The number of para-hydroxylation sites is 1. The first-order chi connectivity index (χ1) is 13.8. The topological polar surface area (TPSA) is 44.8 Å². The number of Topliss-reactive ketones (excluding diaryl/α,β-unsaturated/α-hetero) is 1. The second-order valence-corrected chi connectivity index (χ2v) is 6.74. The quantitative estimate of drug-likeness (QED) is 0.605. The molecule has 0 aromatic heterocycles. The molecule has 0 fully saturated rings. The Kier molecular flexibility index (Phi) is 4.09. The monoisotopic (exact) mass is 370 g/mol. The van der Waals surface area contributed by atoms with Crippen LogP contribution in [-0.4, -0.2) is 19.0 Å². The maximum absolute atomic E-state index is 13.3. The van der Waals surface area contributed by atoms with Crippen molar-refractivity contribution in [2.75, 3.05) is 13.2 Å². The van der Waals surface area contributed by atoms with Gasteiger partial charge in [0, 0.05) is 5.57 Å². The molecule has 0 bridgehead atoms. The molecular weight excluding hydrogens is 352 g/mol. The summed E-state index contributed by atoms with van der Waals surface area (Å²) in [5.41, 5.74) is 2.99. The Morgan fingerprint density at radius 3 is 2.39 bits per heavy atom. The van der Waals surface area contributed by atoms with Gasteiger partial charge in [-0.25, -0.2) is 0 Å². The van der Waals surface area contributed by atoms with Gasteiger partial charge < -0.3 is 14.2 Å². The van der Waals surface area contributed by atoms with E-state index in [-0.39, 0.29) is 5.78 Å². The molecule has 2 aliphatic heterocycles. The summed E-state index contributed by atoms with van der Waals surface area (Å²) in [6.07, 6.45) is 1.42. The third-order valence-corrected chi connectivity index (χ3v) is 4.91. The van der Waals surface area contributed by atoms with E-state index in [0.717, 1.165) is 16.9 Å². The van der Waals surface area contributed by atoms with Crippen LogP contribution in [0.25, 0.3) is 6.08 Å². The van der Waals surface area contributed by atoms with Crippen LogP contribution in [0.1, 0.15) is 27.6 Å². The summed E-state index contributed by atoms with van der Waals surface area (Å²) in [6.45, 7) is 1.07. The van der Waals surface area contributed by atoms with Crippen LogP contribution in [0, 0.1) is 0 Å². The maximum atomic E-state index is 13.3. The van der Waals surface area contributed by atoms with Gasteiger partial charge >= 0.3 is 0 Å². The summed E-state index contributed by atoms with van der Waals surface area (Å²) < 4.78 is 17.5. The van der Waals surface area contributed by atoms with Crippen molar-refractivity contribution < 1.29 is 19.0 Å². The van der Waals surface area contributed by atoms with E-state index < -0.39 is 6.10 Å². The number of ether oxygens (including phenoxy) is 3. The molecule has 0 saturated carbocycles. The van der Waals surface area contributed by atoms with Crippen molar-refractivity contribution in [1.29, 1.82) is 0 Å². The summed E-state index contributed by atoms with van der Waals surface area (Å²) in [7, 11) is 0. The number of rotatable bonds is 2. The van der Waals surface area contributed by atoms with Crippen molar-refractivity contribution in [3.8, 4) is 17.2 Å². The van der Waals surface area contributed by atoms with Gasteiger partial charge in [-0.05, 0) is 41.5 Å². The van der Waals surface area contributed by atoms with Crippen LogP contribution in [0.3, 0.4) is 0 Å². The van der Waals surface area contributed by atoms with Gasteiger partial charge in [-0.15, -0.1) is 0 Å². The highest BCUT2D eigenvalue weighted by Crippen LogP contribution is 2.40. The fourth-order valence-corrected chi connectivity index (χ4v) is 3.57. The standard InChI is InChI=1S/C24H18O4/c25-23-18-8-4-5-9-20(18)28-24(17-6-2-1-3-7-17)19(23)14-16-10-11-21-22(15-16)27-13-12-26-21/h1-11,14-15,24H,12-13H2/b19-14-/t24-/m0/s1. The van der Waals surface area contributed by atoms with Crippen LogP contribution in [0.2, 0.25) is 0 Å². The van der Waals surface area contributed by atoms with E-state index in [4.69, 9.17) is 14.2 Å². The van der Waals surface area contributed by atoms with E-state index in [1.807, 2.05) is 72.8 Å². The number of benzene rings is 3.